The smallest absolute Gasteiger partial charge is 0.407 e. The summed E-state index contributed by atoms with van der Waals surface area (Å²) in [6.45, 7) is 12.9. The van der Waals surface area contributed by atoms with Crippen molar-refractivity contribution in [1.82, 2.24) is 5.32 Å². The lowest BCUT2D eigenvalue weighted by molar-refractivity contribution is -0.142. The van der Waals surface area contributed by atoms with E-state index in [1.807, 2.05) is 36.4 Å². The van der Waals surface area contributed by atoms with E-state index in [0.29, 0.717) is 11.3 Å². The number of benzene rings is 2. The zero-order valence-electron chi connectivity index (χ0n) is 24.5. The Hall–Kier alpha value is -3.39. The molecule has 2 aromatic carbocycles. The van der Waals surface area contributed by atoms with Gasteiger partial charge in [0.25, 0.3) is 0 Å². The molecule has 0 aliphatic rings. The number of amides is 1. The zero-order valence-corrected chi connectivity index (χ0v) is 25.4. The first-order chi connectivity index (χ1) is 19.4. The maximum Gasteiger partial charge on any atom is 0.407 e. The number of aliphatic carboxylic acids is 1. The summed E-state index contributed by atoms with van der Waals surface area (Å²) in [4.78, 5) is 24.9. The lowest BCUT2D eigenvalue weighted by Gasteiger charge is -2.26. The molecule has 9 nitrogen and oxygen atoms in total. The number of alkyl carbamates (subject to hydrolysis) is 1. The number of carbonyl (C=O) groups excluding carboxylic acids is 1. The number of nitrogens with one attached hydrogen (secondary N) is 1. The summed E-state index contributed by atoms with van der Waals surface area (Å²) in [5.41, 5.74) is 1.50. The average Bonchev–Trinajstić information content (AvgIpc) is 2.90. The molecule has 0 radical (unpaired) electrons. The number of ether oxygens (including phenoxy) is 2. The van der Waals surface area contributed by atoms with Gasteiger partial charge in [-0.15, -0.1) is 0 Å². The summed E-state index contributed by atoms with van der Waals surface area (Å²) in [7, 11) is -3.46. The first-order valence-electron chi connectivity index (χ1n) is 13.6. The Balaban J connectivity index is 2.34. The van der Waals surface area contributed by atoms with Crippen LogP contribution in [0.25, 0.3) is 12.2 Å². The molecule has 0 spiro atoms. The highest BCUT2D eigenvalue weighted by molar-refractivity contribution is 7.57. The Morgan fingerprint density at radius 2 is 1.73 bits per heavy atom. The van der Waals surface area contributed by atoms with Crippen molar-refractivity contribution in [1.29, 1.82) is 0 Å². The lowest BCUT2D eigenvalue weighted by atomic mass is 9.93. The van der Waals surface area contributed by atoms with Gasteiger partial charge in [0.15, 0.2) is 0 Å². The topological polar surface area (TPSA) is 120 Å². The molecule has 0 aliphatic heterocycles. The first kappa shape index (κ1) is 33.8. The van der Waals surface area contributed by atoms with E-state index >= 15 is 0 Å². The van der Waals surface area contributed by atoms with Crippen LogP contribution in [0.1, 0.15) is 57.7 Å². The van der Waals surface area contributed by atoms with Gasteiger partial charge in [-0.3, -0.25) is 9.36 Å². The van der Waals surface area contributed by atoms with Gasteiger partial charge in [-0.2, -0.15) is 0 Å². The van der Waals surface area contributed by atoms with Gasteiger partial charge in [0.05, 0.1) is 25.2 Å². The second-order valence-electron chi connectivity index (χ2n) is 10.3. The predicted octanol–water partition coefficient (Wildman–Crippen LogP) is 7.17. The Bertz CT molecular complexity index is 1210. The van der Waals surface area contributed by atoms with E-state index in [0.717, 1.165) is 11.1 Å². The molecule has 2 atom stereocenters. The third kappa shape index (κ3) is 12.3. The van der Waals surface area contributed by atoms with E-state index < -0.39 is 37.2 Å². The largest absolute Gasteiger partial charge is 0.491 e. The minimum Gasteiger partial charge on any atom is -0.491 e. The summed E-state index contributed by atoms with van der Waals surface area (Å²) < 4.78 is 35.2. The number of rotatable bonds is 16. The van der Waals surface area contributed by atoms with Crippen molar-refractivity contribution in [3.8, 4) is 5.75 Å². The van der Waals surface area contributed by atoms with Gasteiger partial charge < -0.3 is 28.9 Å². The Labute approximate surface area is 243 Å². The second-order valence-corrected chi connectivity index (χ2v) is 12.2. The molecule has 224 valence electrons. The maximum absolute atomic E-state index is 13.0. The highest BCUT2D eigenvalue weighted by atomic mass is 31.2. The van der Waals surface area contributed by atoms with Crippen molar-refractivity contribution < 1.29 is 37.8 Å². The van der Waals surface area contributed by atoms with Crippen LogP contribution in [0.15, 0.2) is 60.9 Å². The van der Waals surface area contributed by atoms with Crippen LogP contribution < -0.4 is 10.1 Å². The Morgan fingerprint density at radius 3 is 2.29 bits per heavy atom. The van der Waals surface area contributed by atoms with Gasteiger partial charge in [-0.1, -0.05) is 55.1 Å². The predicted molar refractivity (Wildman–Crippen MR) is 161 cm³/mol. The van der Waals surface area contributed by atoms with Crippen LogP contribution in [-0.2, 0) is 29.6 Å². The molecule has 41 heavy (non-hydrogen) atoms. The molecular weight excluding hydrogens is 545 g/mol. The molecule has 1 amide bonds. The molecule has 0 aliphatic carbocycles. The van der Waals surface area contributed by atoms with Crippen LogP contribution in [0.3, 0.4) is 0 Å². The van der Waals surface area contributed by atoms with Crippen LogP contribution >= 0.6 is 7.60 Å². The van der Waals surface area contributed by atoms with Gasteiger partial charge in [-0.25, -0.2) is 4.79 Å². The SMILES string of the molecule is C=Cc1ccc(/C=C/P(=O)(OCC)OCC)c(OC[C@H](CC(Cc2ccccc2)C(=O)O)NC(=O)OC(C)(C)C)c1. The second kappa shape index (κ2) is 16.2. The number of carboxylic acids is 1. The summed E-state index contributed by atoms with van der Waals surface area (Å²) >= 11 is 0. The van der Waals surface area contributed by atoms with Gasteiger partial charge in [-0.05, 0) is 70.7 Å². The van der Waals surface area contributed by atoms with Crippen LogP contribution in [0, 0.1) is 5.92 Å². The molecule has 1 unspecified atom stereocenters. The molecule has 0 saturated heterocycles. The molecule has 2 N–H and O–H groups in total. The minimum absolute atomic E-state index is 0.0478. The fourth-order valence-corrected chi connectivity index (χ4v) is 5.25. The van der Waals surface area contributed by atoms with Crippen molar-refractivity contribution in [3.05, 3.63) is 77.6 Å². The first-order valence-corrected chi connectivity index (χ1v) is 15.2. The van der Waals surface area contributed by atoms with E-state index in [-0.39, 0.29) is 32.7 Å². The fourth-order valence-electron chi connectivity index (χ4n) is 3.94. The van der Waals surface area contributed by atoms with E-state index in [1.165, 1.54) is 5.82 Å². The summed E-state index contributed by atoms with van der Waals surface area (Å²) in [5.74, 6) is 0.0314. The highest BCUT2D eigenvalue weighted by Crippen LogP contribution is 2.50. The summed E-state index contributed by atoms with van der Waals surface area (Å²) in [6, 6.07) is 14.0. The van der Waals surface area contributed by atoms with Crippen LogP contribution in [0.2, 0.25) is 0 Å². The molecule has 2 aromatic rings. The van der Waals surface area contributed by atoms with Gasteiger partial charge in [0.1, 0.15) is 18.0 Å². The highest BCUT2D eigenvalue weighted by Gasteiger charge is 2.27. The molecular formula is C31H42NO8P. The lowest BCUT2D eigenvalue weighted by Crippen LogP contribution is -2.44. The third-order valence-electron chi connectivity index (χ3n) is 5.73. The molecule has 0 bridgehead atoms. The number of carbonyl (C=O) groups is 2. The zero-order chi connectivity index (χ0) is 30.5. The van der Waals surface area contributed by atoms with Crippen LogP contribution in [0.5, 0.6) is 5.75 Å². The van der Waals surface area contributed by atoms with Crippen molar-refractivity contribution in [2.45, 2.75) is 59.1 Å². The Morgan fingerprint density at radius 1 is 1.07 bits per heavy atom. The molecule has 0 aromatic heterocycles. The normalized spacial score (nSPS) is 13.4. The number of hydrogen-bond acceptors (Lipinski definition) is 7. The average molecular weight is 588 g/mol. The van der Waals surface area contributed by atoms with Crippen molar-refractivity contribution >= 4 is 31.8 Å². The number of carboxylic acid groups (broad SMARTS) is 1. The Kier molecular flexibility index (Phi) is 13.3. The van der Waals surface area contributed by atoms with Gasteiger partial charge in [0, 0.05) is 11.4 Å². The molecule has 0 saturated carbocycles. The third-order valence-corrected chi connectivity index (χ3v) is 7.48. The van der Waals surface area contributed by atoms with Crippen molar-refractivity contribution in [2.24, 2.45) is 5.92 Å². The van der Waals surface area contributed by atoms with E-state index in [1.54, 1.807) is 58.9 Å². The fraction of sp³-hybridized carbons (Fsp3) is 0.419. The van der Waals surface area contributed by atoms with Crippen LogP contribution in [0.4, 0.5) is 4.79 Å². The summed E-state index contributed by atoms with van der Waals surface area (Å²) in [5, 5.41) is 12.8. The van der Waals surface area contributed by atoms with Gasteiger partial charge in [0.2, 0.25) is 0 Å². The van der Waals surface area contributed by atoms with Crippen molar-refractivity contribution in [3.63, 3.8) is 0 Å². The molecule has 10 heteroatoms. The van der Waals surface area contributed by atoms with E-state index in [9.17, 15) is 19.3 Å². The summed E-state index contributed by atoms with van der Waals surface area (Å²) in [6.07, 6.45) is 2.96. The van der Waals surface area contributed by atoms with Crippen LogP contribution in [-0.4, -0.2) is 48.6 Å². The molecule has 0 fully saturated rings. The minimum atomic E-state index is -3.46. The quantitative estimate of drug-likeness (QED) is 0.198. The van der Waals surface area contributed by atoms with Gasteiger partial charge >= 0.3 is 19.7 Å². The van der Waals surface area contributed by atoms with E-state index in [2.05, 4.69) is 11.9 Å². The standard InChI is InChI=1S/C31H42NO8P/c1-7-23-15-16-25(17-18-41(36,38-8-2)39-9-3)28(20-23)37-22-27(32-30(35)40-31(4,5)6)21-26(29(33)34)19-24-13-11-10-12-14-24/h7,10-18,20,26-27H,1,8-9,19,21-22H2,2-6H3,(H,32,35)(H,33,34)/b18-17+/t26?,27-/m0/s1. The van der Waals surface area contributed by atoms with E-state index in [4.69, 9.17) is 18.5 Å². The monoisotopic (exact) mass is 587 g/mol. The molecule has 0 heterocycles. The maximum atomic E-state index is 13.0. The van der Waals surface area contributed by atoms with Crippen molar-refractivity contribution in [2.75, 3.05) is 19.8 Å². The number of hydrogen-bond donors (Lipinski definition) is 2. The molecule has 2 rings (SSSR count).